The van der Waals surface area contributed by atoms with Gasteiger partial charge in [0.1, 0.15) is 6.61 Å². The molecular formula is C13H18N2O3. The third kappa shape index (κ3) is 3.20. The lowest BCUT2D eigenvalue weighted by molar-refractivity contribution is 0.0695. The molecular weight excluding hydrogens is 232 g/mol. The number of carboxylic acids is 1. The molecule has 1 N–H and O–H groups in total. The van der Waals surface area contributed by atoms with Crippen LogP contribution in [0.1, 0.15) is 28.9 Å². The van der Waals surface area contributed by atoms with Crippen molar-refractivity contribution in [3.8, 4) is 5.88 Å². The zero-order chi connectivity index (χ0) is 13.0. The summed E-state index contributed by atoms with van der Waals surface area (Å²) in [6.45, 7) is 5.47. The van der Waals surface area contributed by atoms with E-state index in [0.717, 1.165) is 19.6 Å². The topological polar surface area (TPSA) is 62.7 Å². The van der Waals surface area contributed by atoms with E-state index >= 15 is 0 Å². The van der Waals surface area contributed by atoms with Crippen molar-refractivity contribution in [2.75, 3.05) is 26.2 Å². The van der Waals surface area contributed by atoms with Gasteiger partial charge in [0.15, 0.2) is 0 Å². The minimum absolute atomic E-state index is 0.224. The molecule has 0 bridgehead atoms. The van der Waals surface area contributed by atoms with E-state index in [1.54, 1.807) is 13.0 Å². The number of hydrogen-bond acceptors (Lipinski definition) is 4. The Kier molecular flexibility index (Phi) is 4.15. The molecule has 1 aromatic heterocycles. The number of aromatic nitrogens is 1. The first-order chi connectivity index (χ1) is 8.66. The van der Waals surface area contributed by atoms with E-state index in [9.17, 15) is 4.79 Å². The minimum atomic E-state index is -0.955. The van der Waals surface area contributed by atoms with Crippen molar-refractivity contribution in [2.24, 2.45) is 0 Å². The lowest BCUT2D eigenvalue weighted by Gasteiger charge is -2.14. The fourth-order valence-corrected chi connectivity index (χ4v) is 2.13. The molecule has 98 valence electrons. The van der Waals surface area contributed by atoms with Crippen LogP contribution in [0.3, 0.4) is 0 Å². The van der Waals surface area contributed by atoms with Crippen LogP contribution in [-0.4, -0.2) is 47.2 Å². The van der Waals surface area contributed by atoms with Crippen molar-refractivity contribution in [1.29, 1.82) is 0 Å². The molecule has 1 aromatic rings. The van der Waals surface area contributed by atoms with Gasteiger partial charge in [0.05, 0.1) is 11.3 Å². The average molecular weight is 250 g/mol. The summed E-state index contributed by atoms with van der Waals surface area (Å²) in [7, 11) is 0. The lowest BCUT2D eigenvalue weighted by Crippen LogP contribution is -2.25. The maximum absolute atomic E-state index is 10.8. The van der Waals surface area contributed by atoms with Gasteiger partial charge in [-0.2, -0.15) is 0 Å². The molecule has 1 aliphatic heterocycles. The van der Waals surface area contributed by atoms with Gasteiger partial charge in [-0.1, -0.05) is 0 Å². The normalized spacial score (nSPS) is 15.8. The first kappa shape index (κ1) is 12.8. The Balaban J connectivity index is 1.85. The highest BCUT2D eigenvalue weighted by atomic mass is 16.5. The standard InChI is InChI=1S/C13H18N2O3/c1-10-11(13(16)17)4-5-12(14-10)18-9-8-15-6-2-3-7-15/h4-5H,2-3,6-9H2,1H3,(H,16,17). The number of pyridine rings is 1. The number of nitrogens with zero attached hydrogens (tertiary/aromatic N) is 2. The van der Waals surface area contributed by atoms with E-state index in [-0.39, 0.29) is 5.56 Å². The third-order valence-corrected chi connectivity index (χ3v) is 3.15. The van der Waals surface area contributed by atoms with Gasteiger partial charge < -0.3 is 9.84 Å². The summed E-state index contributed by atoms with van der Waals surface area (Å²) in [5, 5.41) is 8.89. The van der Waals surface area contributed by atoms with Crippen LogP contribution in [0.2, 0.25) is 0 Å². The van der Waals surface area contributed by atoms with Crippen molar-refractivity contribution < 1.29 is 14.6 Å². The summed E-state index contributed by atoms with van der Waals surface area (Å²) >= 11 is 0. The van der Waals surface area contributed by atoms with Crippen LogP contribution < -0.4 is 4.74 Å². The van der Waals surface area contributed by atoms with Crippen LogP contribution in [-0.2, 0) is 0 Å². The molecule has 0 atom stereocenters. The zero-order valence-corrected chi connectivity index (χ0v) is 10.6. The predicted molar refractivity (Wildman–Crippen MR) is 67.1 cm³/mol. The van der Waals surface area contributed by atoms with E-state index in [1.165, 1.54) is 18.9 Å². The number of carboxylic acid groups (broad SMARTS) is 1. The Hall–Kier alpha value is -1.62. The average Bonchev–Trinajstić information content (AvgIpc) is 2.81. The first-order valence-corrected chi connectivity index (χ1v) is 6.23. The predicted octanol–water partition coefficient (Wildman–Crippen LogP) is 1.56. The molecule has 1 aliphatic rings. The second kappa shape index (κ2) is 5.82. The van der Waals surface area contributed by atoms with Crippen molar-refractivity contribution >= 4 is 5.97 Å². The van der Waals surface area contributed by atoms with Crippen LogP contribution in [0.15, 0.2) is 12.1 Å². The monoisotopic (exact) mass is 250 g/mol. The Morgan fingerprint density at radius 1 is 1.44 bits per heavy atom. The highest BCUT2D eigenvalue weighted by Gasteiger charge is 2.12. The van der Waals surface area contributed by atoms with Gasteiger partial charge in [0.25, 0.3) is 0 Å². The molecule has 18 heavy (non-hydrogen) atoms. The second-order valence-electron chi connectivity index (χ2n) is 4.48. The number of carbonyl (C=O) groups is 1. The van der Waals surface area contributed by atoms with E-state index < -0.39 is 5.97 Å². The summed E-state index contributed by atoms with van der Waals surface area (Å²) in [4.78, 5) is 17.3. The van der Waals surface area contributed by atoms with Crippen LogP contribution in [0.4, 0.5) is 0 Å². The number of likely N-dealkylation sites (tertiary alicyclic amines) is 1. The summed E-state index contributed by atoms with van der Waals surface area (Å²) in [6, 6.07) is 3.15. The molecule has 0 aliphatic carbocycles. The summed E-state index contributed by atoms with van der Waals surface area (Å²) in [6.07, 6.45) is 2.54. The molecule has 2 heterocycles. The highest BCUT2D eigenvalue weighted by molar-refractivity contribution is 5.88. The molecule has 2 rings (SSSR count). The maximum atomic E-state index is 10.8. The molecule has 0 amide bonds. The van der Waals surface area contributed by atoms with E-state index in [0.29, 0.717) is 18.2 Å². The molecule has 0 saturated carbocycles. The molecule has 5 nitrogen and oxygen atoms in total. The van der Waals surface area contributed by atoms with Crippen LogP contribution >= 0.6 is 0 Å². The van der Waals surface area contributed by atoms with Crippen molar-refractivity contribution in [2.45, 2.75) is 19.8 Å². The Bertz CT molecular complexity index is 428. The first-order valence-electron chi connectivity index (χ1n) is 6.23. The molecule has 0 spiro atoms. The number of aromatic carboxylic acids is 1. The Morgan fingerprint density at radius 2 is 2.17 bits per heavy atom. The summed E-state index contributed by atoms with van der Waals surface area (Å²) < 4.78 is 5.54. The van der Waals surface area contributed by atoms with Crippen LogP contribution in [0, 0.1) is 6.92 Å². The van der Waals surface area contributed by atoms with Crippen molar-refractivity contribution in [3.05, 3.63) is 23.4 Å². The van der Waals surface area contributed by atoms with Gasteiger partial charge in [0, 0.05) is 12.6 Å². The van der Waals surface area contributed by atoms with E-state index in [4.69, 9.17) is 9.84 Å². The quantitative estimate of drug-likeness (QED) is 0.859. The van der Waals surface area contributed by atoms with Gasteiger partial charge in [-0.3, -0.25) is 4.90 Å². The van der Waals surface area contributed by atoms with E-state index in [2.05, 4.69) is 9.88 Å². The lowest BCUT2D eigenvalue weighted by atomic mass is 10.2. The molecule has 5 heteroatoms. The van der Waals surface area contributed by atoms with Gasteiger partial charge in [-0.15, -0.1) is 0 Å². The van der Waals surface area contributed by atoms with Gasteiger partial charge in [0.2, 0.25) is 5.88 Å². The molecule has 1 fully saturated rings. The largest absolute Gasteiger partial charge is 0.478 e. The van der Waals surface area contributed by atoms with Gasteiger partial charge >= 0.3 is 5.97 Å². The molecule has 0 aromatic carbocycles. The minimum Gasteiger partial charge on any atom is -0.478 e. The maximum Gasteiger partial charge on any atom is 0.337 e. The fourth-order valence-electron chi connectivity index (χ4n) is 2.13. The summed E-state index contributed by atoms with van der Waals surface area (Å²) in [5.41, 5.74) is 0.711. The van der Waals surface area contributed by atoms with Gasteiger partial charge in [-0.05, 0) is 38.9 Å². The second-order valence-corrected chi connectivity index (χ2v) is 4.48. The van der Waals surface area contributed by atoms with Crippen molar-refractivity contribution in [1.82, 2.24) is 9.88 Å². The molecule has 0 radical (unpaired) electrons. The number of rotatable bonds is 5. The number of ether oxygens (including phenoxy) is 1. The van der Waals surface area contributed by atoms with Crippen LogP contribution in [0.5, 0.6) is 5.88 Å². The summed E-state index contributed by atoms with van der Waals surface area (Å²) in [5.74, 6) is -0.458. The van der Waals surface area contributed by atoms with Gasteiger partial charge in [-0.25, -0.2) is 9.78 Å². The Morgan fingerprint density at radius 3 is 2.78 bits per heavy atom. The SMILES string of the molecule is Cc1nc(OCCN2CCCC2)ccc1C(=O)O. The molecule has 1 saturated heterocycles. The number of aryl methyl sites for hydroxylation is 1. The zero-order valence-electron chi connectivity index (χ0n) is 10.6. The number of hydrogen-bond donors (Lipinski definition) is 1. The van der Waals surface area contributed by atoms with Crippen LogP contribution in [0.25, 0.3) is 0 Å². The molecule has 0 unspecified atom stereocenters. The van der Waals surface area contributed by atoms with E-state index in [1.807, 2.05) is 0 Å². The fraction of sp³-hybridized carbons (Fsp3) is 0.538. The highest BCUT2D eigenvalue weighted by Crippen LogP contribution is 2.13. The van der Waals surface area contributed by atoms with Crippen molar-refractivity contribution in [3.63, 3.8) is 0 Å². The smallest absolute Gasteiger partial charge is 0.337 e. The third-order valence-electron chi connectivity index (χ3n) is 3.15. The Labute approximate surface area is 106 Å².